The first-order chi connectivity index (χ1) is 11.8. The van der Waals surface area contributed by atoms with Crippen LogP contribution in [-0.2, 0) is 20.8 Å². The van der Waals surface area contributed by atoms with Crippen molar-refractivity contribution in [2.75, 3.05) is 24.3 Å². The van der Waals surface area contributed by atoms with E-state index < -0.39 is 34.9 Å². The van der Waals surface area contributed by atoms with E-state index in [4.69, 9.17) is 5.73 Å². The van der Waals surface area contributed by atoms with E-state index in [1.165, 1.54) is 18.4 Å². The zero-order chi connectivity index (χ0) is 18.3. The normalized spacial score (nSPS) is 21.8. The molecule has 1 fully saturated rings. The van der Waals surface area contributed by atoms with Crippen molar-refractivity contribution >= 4 is 40.5 Å². The van der Waals surface area contributed by atoms with Crippen molar-refractivity contribution in [1.82, 2.24) is 9.80 Å². The van der Waals surface area contributed by atoms with Crippen LogP contribution in [0.2, 0.25) is 0 Å². The van der Waals surface area contributed by atoms with Crippen molar-refractivity contribution in [3.8, 4) is 0 Å². The van der Waals surface area contributed by atoms with Crippen molar-refractivity contribution in [2.45, 2.75) is 18.9 Å². The van der Waals surface area contributed by atoms with Crippen LogP contribution in [0.4, 0.5) is 5.69 Å². The van der Waals surface area contributed by atoms with E-state index in [-0.39, 0.29) is 47.9 Å². The number of fused-ring (bicyclic) bond motifs is 1. The van der Waals surface area contributed by atoms with E-state index in [2.05, 4.69) is 0 Å². The molecule has 3 rings (SSSR count). The second kappa shape index (κ2) is 6.49. The zero-order valence-corrected chi connectivity index (χ0v) is 14.4. The van der Waals surface area contributed by atoms with Crippen LogP contribution in [0.3, 0.4) is 0 Å². The Hall–Kier alpha value is -2.39. The highest BCUT2D eigenvalue weighted by molar-refractivity contribution is 7.90. The molecule has 2 N–H and O–H groups in total. The number of imide groups is 2. The monoisotopic (exact) mass is 363 g/mol. The van der Waals surface area contributed by atoms with Crippen molar-refractivity contribution in [2.24, 2.45) is 0 Å². The lowest BCUT2D eigenvalue weighted by molar-refractivity contribution is -0.151. The predicted molar refractivity (Wildman–Crippen MR) is 90.0 cm³/mol. The highest BCUT2D eigenvalue weighted by Gasteiger charge is 2.47. The number of benzene rings is 1. The molecular formula is C16H17N3O5S. The lowest BCUT2D eigenvalue weighted by atomic mass is 10.0. The Morgan fingerprint density at radius 1 is 1.24 bits per heavy atom. The minimum Gasteiger partial charge on any atom is -0.617 e. The Kier molecular flexibility index (Phi) is 4.53. The van der Waals surface area contributed by atoms with Gasteiger partial charge >= 0.3 is 0 Å². The van der Waals surface area contributed by atoms with Crippen LogP contribution in [0.15, 0.2) is 18.2 Å². The molecule has 4 amide bonds. The summed E-state index contributed by atoms with van der Waals surface area (Å²) < 4.78 is 11.3. The summed E-state index contributed by atoms with van der Waals surface area (Å²) in [5.41, 5.74) is 6.23. The van der Waals surface area contributed by atoms with E-state index in [1.54, 1.807) is 6.07 Å². The molecule has 2 aliphatic rings. The minimum atomic E-state index is -1.17. The first-order valence-corrected chi connectivity index (χ1v) is 9.46. The average molecular weight is 363 g/mol. The molecule has 25 heavy (non-hydrogen) atoms. The van der Waals surface area contributed by atoms with Gasteiger partial charge in [0.05, 0.1) is 23.9 Å². The molecule has 1 aromatic carbocycles. The van der Waals surface area contributed by atoms with Crippen molar-refractivity contribution in [1.29, 1.82) is 0 Å². The maximum absolute atomic E-state index is 12.7. The molecule has 0 radical (unpaired) electrons. The molecule has 132 valence electrons. The maximum Gasteiger partial charge on any atom is 0.264 e. The van der Waals surface area contributed by atoms with Gasteiger partial charge in [0.2, 0.25) is 5.91 Å². The molecule has 8 nitrogen and oxygen atoms in total. The molecule has 2 aliphatic heterocycles. The van der Waals surface area contributed by atoms with Gasteiger partial charge in [-0.05, 0) is 18.6 Å². The average Bonchev–Trinajstić information content (AvgIpc) is 2.80. The third-order valence-corrected chi connectivity index (χ3v) is 5.13. The number of amides is 4. The standard InChI is InChI=1S/C16H17N3O5S/c1-25(24)8-7-18-12(20)6-5-11(15(18)22)19-14(21)9-3-2-4-10(17)13(9)16(19)23/h2-4,11H,5-8,17H2,1H3/t11?,25-/m0/s1. The molecule has 1 unspecified atom stereocenters. The van der Waals surface area contributed by atoms with E-state index in [9.17, 15) is 23.7 Å². The van der Waals surface area contributed by atoms with Gasteiger partial charge in [0.1, 0.15) is 11.8 Å². The maximum atomic E-state index is 12.7. The molecule has 9 heteroatoms. The number of nitrogen functional groups attached to an aromatic ring is 1. The van der Waals surface area contributed by atoms with E-state index in [0.717, 1.165) is 9.80 Å². The molecule has 0 bridgehead atoms. The van der Waals surface area contributed by atoms with Crippen molar-refractivity contribution < 1.29 is 23.7 Å². The second-order valence-electron chi connectivity index (χ2n) is 5.97. The number of carbonyl (C=O) groups is 4. The number of hydrogen-bond acceptors (Lipinski definition) is 6. The Balaban J connectivity index is 1.88. The number of rotatable bonds is 4. The fraction of sp³-hybridized carbons (Fsp3) is 0.375. The fourth-order valence-corrected chi connectivity index (χ4v) is 3.57. The van der Waals surface area contributed by atoms with Gasteiger partial charge in [0, 0.05) is 12.1 Å². The topological polar surface area (TPSA) is 124 Å². The number of carbonyl (C=O) groups excluding carboxylic acids is 4. The van der Waals surface area contributed by atoms with Crippen LogP contribution < -0.4 is 5.73 Å². The summed E-state index contributed by atoms with van der Waals surface area (Å²) in [5, 5.41) is 0. The Bertz CT molecular complexity index is 779. The first-order valence-electron chi connectivity index (χ1n) is 7.73. The van der Waals surface area contributed by atoms with Crippen LogP contribution >= 0.6 is 0 Å². The molecule has 0 saturated carbocycles. The molecular weight excluding hydrogens is 346 g/mol. The summed E-state index contributed by atoms with van der Waals surface area (Å²) >= 11 is -1.17. The summed E-state index contributed by atoms with van der Waals surface area (Å²) in [5.74, 6) is -2.05. The highest BCUT2D eigenvalue weighted by Crippen LogP contribution is 2.31. The third kappa shape index (κ3) is 2.89. The summed E-state index contributed by atoms with van der Waals surface area (Å²) in [4.78, 5) is 51.8. The molecule has 1 saturated heterocycles. The van der Waals surface area contributed by atoms with Crippen molar-refractivity contribution in [3.63, 3.8) is 0 Å². The van der Waals surface area contributed by atoms with Crippen LogP contribution in [-0.4, -0.2) is 62.6 Å². The van der Waals surface area contributed by atoms with Gasteiger partial charge in [-0.3, -0.25) is 29.0 Å². The minimum absolute atomic E-state index is 0.00257. The van der Waals surface area contributed by atoms with E-state index >= 15 is 0 Å². The largest absolute Gasteiger partial charge is 0.617 e. The number of hydrogen-bond donors (Lipinski definition) is 1. The molecule has 1 aromatic rings. The lowest BCUT2D eigenvalue weighted by Gasteiger charge is -2.34. The zero-order valence-electron chi connectivity index (χ0n) is 13.6. The van der Waals surface area contributed by atoms with Gasteiger partial charge in [-0.2, -0.15) is 0 Å². The number of anilines is 1. The van der Waals surface area contributed by atoms with Crippen LogP contribution in [0.5, 0.6) is 0 Å². The smallest absolute Gasteiger partial charge is 0.264 e. The van der Waals surface area contributed by atoms with Crippen molar-refractivity contribution in [3.05, 3.63) is 29.3 Å². The number of nitrogens with zero attached hydrogens (tertiary/aromatic N) is 2. The van der Waals surface area contributed by atoms with Crippen LogP contribution in [0.25, 0.3) is 0 Å². The Morgan fingerprint density at radius 2 is 1.96 bits per heavy atom. The van der Waals surface area contributed by atoms with Crippen LogP contribution in [0.1, 0.15) is 33.6 Å². The summed E-state index contributed by atoms with van der Waals surface area (Å²) in [6.45, 7) is 0.00257. The van der Waals surface area contributed by atoms with Crippen LogP contribution in [0, 0.1) is 0 Å². The molecule has 0 aromatic heterocycles. The lowest BCUT2D eigenvalue weighted by Crippen LogP contribution is -2.56. The van der Waals surface area contributed by atoms with Gasteiger partial charge in [0.15, 0.2) is 0 Å². The molecule has 2 atom stereocenters. The highest BCUT2D eigenvalue weighted by atomic mass is 32.2. The van der Waals surface area contributed by atoms with Gasteiger partial charge in [-0.15, -0.1) is 0 Å². The van der Waals surface area contributed by atoms with E-state index in [0.29, 0.717) is 0 Å². The molecule has 0 spiro atoms. The Labute approximate surface area is 147 Å². The van der Waals surface area contributed by atoms with Gasteiger partial charge in [0.25, 0.3) is 17.7 Å². The number of nitrogens with two attached hydrogens (primary N) is 1. The second-order valence-corrected chi connectivity index (χ2v) is 7.52. The van der Waals surface area contributed by atoms with Gasteiger partial charge < -0.3 is 10.3 Å². The molecule has 2 heterocycles. The predicted octanol–water partition coefficient (Wildman–Crippen LogP) is -0.239. The summed E-state index contributed by atoms with van der Waals surface area (Å²) in [7, 11) is 0. The quantitative estimate of drug-likeness (QED) is 0.447. The SMILES string of the molecule is C[S@+]([O-])CCN1C(=O)CCC(N2C(=O)c3cccc(N)c3C2=O)C1=O. The summed E-state index contributed by atoms with van der Waals surface area (Å²) in [6.07, 6.45) is 1.59. The van der Waals surface area contributed by atoms with Gasteiger partial charge in [-0.25, -0.2) is 0 Å². The van der Waals surface area contributed by atoms with Gasteiger partial charge in [-0.1, -0.05) is 17.2 Å². The molecule has 0 aliphatic carbocycles. The first kappa shape index (κ1) is 17.4. The fourth-order valence-electron chi connectivity index (χ4n) is 3.13. The number of likely N-dealkylation sites (tertiary alicyclic amines) is 1. The van der Waals surface area contributed by atoms with E-state index in [1.807, 2.05) is 0 Å². The third-order valence-electron chi connectivity index (χ3n) is 4.38. The summed E-state index contributed by atoms with van der Waals surface area (Å²) in [6, 6.07) is 3.53. The number of piperidine rings is 1. The Morgan fingerprint density at radius 3 is 2.60 bits per heavy atom.